The summed E-state index contributed by atoms with van der Waals surface area (Å²) in [7, 11) is 0. The van der Waals surface area contributed by atoms with Gasteiger partial charge in [-0.05, 0) is 6.42 Å². The summed E-state index contributed by atoms with van der Waals surface area (Å²) in [6.07, 6.45) is 1.11. The van der Waals surface area contributed by atoms with Crippen molar-refractivity contribution in [1.82, 2.24) is 9.80 Å². The minimum atomic E-state index is 0.382. The molecule has 3 fully saturated rings. The summed E-state index contributed by atoms with van der Waals surface area (Å²) < 4.78 is 0. The molecular weight excluding hydrogens is 150 g/mol. The largest absolute Gasteiger partial charge is 0.326 e. The first-order valence-electron chi connectivity index (χ1n) is 5.03. The maximum absolute atomic E-state index is 6.07. The molecule has 3 aliphatic rings. The lowest BCUT2D eigenvalue weighted by atomic mass is 9.99. The molecule has 0 radical (unpaired) electrons. The van der Waals surface area contributed by atoms with Gasteiger partial charge < -0.3 is 5.73 Å². The summed E-state index contributed by atoms with van der Waals surface area (Å²) in [5.74, 6) is 0. The molecule has 3 heteroatoms. The van der Waals surface area contributed by atoms with Crippen LogP contribution in [0.3, 0.4) is 0 Å². The van der Waals surface area contributed by atoms with Gasteiger partial charge in [0.25, 0.3) is 0 Å². The third-order valence-corrected chi connectivity index (χ3v) is 3.29. The zero-order valence-corrected chi connectivity index (χ0v) is 7.87. The number of hydrogen-bond acceptors (Lipinski definition) is 3. The van der Waals surface area contributed by atoms with Gasteiger partial charge in [0, 0.05) is 44.8 Å². The van der Waals surface area contributed by atoms with Gasteiger partial charge in [0.05, 0.1) is 0 Å². The molecule has 0 spiro atoms. The van der Waals surface area contributed by atoms with Crippen LogP contribution in [-0.4, -0.2) is 54.6 Å². The highest BCUT2D eigenvalue weighted by molar-refractivity contribution is 4.92. The van der Waals surface area contributed by atoms with E-state index in [4.69, 9.17) is 5.73 Å². The van der Waals surface area contributed by atoms with Gasteiger partial charge in [-0.1, -0.05) is 6.92 Å². The van der Waals surface area contributed by atoms with Crippen molar-refractivity contribution in [3.63, 3.8) is 0 Å². The first-order chi connectivity index (χ1) is 5.81. The second-order valence-electron chi connectivity index (χ2n) is 3.98. The Morgan fingerprint density at radius 2 is 2.00 bits per heavy atom. The van der Waals surface area contributed by atoms with Crippen molar-refractivity contribution >= 4 is 0 Å². The summed E-state index contributed by atoms with van der Waals surface area (Å²) in [6.45, 7) is 8.37. The van der Waals surface area contributed by atoms with E-state index in [1.807, 2.05) is 0 Å². The third-order valence-electron chi connectivity index (χ3n) is 3.29. The molecule has 3 heterocycles. The Morgan fingerprint density at radius 3 is 2.42 bits per heavy atom. The number of rotatable bonds is 2. The Hall–Kier alpha value is -0.120. The lowest BCUT2D eigenvalue weighted by Crippen LogP contribution is -2.65. The summed E-state index contributed by atoms with van der Waals surface area (Å²) in [5, 5.41) is 0. The average molecular weight is 169 g/mol. The Labute approximate surface area is 74.5 Å². The smallest absolute Gasteiger partial charge is 0.0375 e. The Bertz CT molecular complexity index is 152. The van der Waals surface area contributed by atoms with Crippen LogP contribution in [0.4, 0.5) is 0 Å². The SMILES string of the molecule is CCC(N)C1CN2CCN1CC2. The quantitative estimate of drug-likeness (QED) is 0.617. The topological polar surface area (TPSA) is 32.5 Å². The summed E-state index contributed by atoms with van der Waals surface area (Å²) in [4.78, 5) is 5.11. The summed E-state index contributed by atoms with van der Waals surface area (Å²) >= 11 is 0. The standard InChI is InChI=1S/C9H19N3/c1-2-8(10)9-7-11-3-5-12(9)6-4-11/h8-9H,2-7,10H2,1H3. The van der Waals surface area contributed by atoms with Crippen LogP contribution in [-0.2, 0) is 0 Å². The predicted molar refractivity (Wildman–Crippen MR) is 50.1 cm³/mol. The maximum atomic E-state index is 6.07. The van der Waals surface area contributed by atoms with Gasteiger partial charge in [-0.15, -0.1) is 0 Å². The van der Waals surface area contributed by atoms with Crippen molar-refractivity contribution in [1.29, 1.82) is 0 Å². The lowest BCUT2D eigenvalue weighted by Gasteiger charge is -2.49. The molecule has 2 bridgehead atoms. The molecule has 3 aliphatic heterocycles. The van der Waals surface area contributed by atoms with E-state index >= 15 is 0 Å². The van der Waals surface area contributed by atoms with Gasteiger partial charge in [-0.2, -0.15) is 0 Å². The minimum Gasteiger partial charge on any atom is -0.326 e. The number of hydrogen-bond donors (Lipinski definition) is 1. The van der Waals surface area contributed by atoms with Crippen molar-refractivity contribution in [2.75, 3.05) is 32.7 Å². The molecule has 2 N–H and O–H groups in total. The second-order valence-corrected chi connectivity index (χ2v) is 3.98. The molecule has 2 unspecified atom stereocenters. The highest BCUT2D eigenvalue weighted by Gasteiger charge is 2.34. The van der Waals surface area contributed by atoms with Gasteiger partial charge in [-0.3, -0.25) is 9.80 Å². The van der Waals surface area contributed by atoms with Crippen molar-refractivity contribution in [3.05, 3.63) is 0 Å². The van der Waals surface area contributed by atoms with Crippen LogP contribution >= 0.6 is 0 Å². The highest BCUT2D eigenvalue weighted by Crippen LogP contribution is 2.18. The van der Waals surface area contributed by atoms with Crippen molar-refractivity contribution in [2.45, 2.75) is 25.4 Å². The van der Waals surface area contributed by atoms with Gasteiger partial charge in [-0.25, -0.2) is 0 Å². The monoisotopic (exact) mass is 169 g/mol. The zero-order chi connectivity index (χ0) is 8.55. The van der Waals surface area contributed by atoms with Gasteiger partial charge >= 0.3 is 0 Å². The average Bonchev–Trinajstić information content (AvgIpc) is 2.18. The van der Waals surface area contributed by atoms with E-state index in [0.29, 0.717) is 12.1 Å². The molecular formula is C9H19N3. The summed E-state index contributed by atoms with van der Waals surface area (Å²) in [5.41, 5.74) is 6.07. The van der Waals surface area contributed by atoms with Gasteiger partial charge in [0.15, 0.2) is 0 Å². The van der Waals surface area contributed by atoms with Crippen molar-refractivity contribution < 1.29 is 0 Å². The Kier molecular flexibility index (Phi) is 2.35. The fourth-order valence-electron chi connectivity index (χ4n) is 2.34. The van der Waals surface area contributed by atoms with Crippen LogP contribution in [0, 0.1) is 0 Å². The molecule has 0 aromatic carbocycles. The number of nitrogens with two attached hydrogens (primary N) is 1. The molecule has 70 valence electrons. The molecule has 3 saturated heterocycles. The van der Waals surface area contributed by atoms with E-state index in [0.717, 1.165) is 6.42 Å². The van der Waals surface area contributed by atoms with Crippen LogP contribution in [0.15, 0.2) is 0 Å². The van der Waals surface area contributed by atoms with Crippen LogP contribution in [0.25, 0.3) is 0 Å². The highest BCUT2D eigenvalue weighted by atomic mass is 15.3. The molecule has 0 aromatic rings. The Morgan fingerprint density at radius 1 is 1.33 bits per heavy atom. The number of fused-ring (bicyclic) bond motifs is 3. The third kappa shape index (κ3) is 1.37. The first-order valence-corrected chi connectivity index (χ1v) is 5.03. The molecule has 3 nitrogen and oxygen atoms in total. The molecule has 0 aliphatic carbocycles. The zero-order valence-electron chi connectivity index (χ0n) is 7.87. The van der Waals surface area contributed by atoms with E-state index in [-0.39, 0.29) is 0 Å². The van der Waals surface area contributed by atoms with Crippen LogP contribution in [0.1, 0.15) is 13.3 Å². The second kappa shape index (κ2) is 3.32. The maximum Gasteiger partial charge on any atom is 0.0375 e. The molecule has 0 aromatic heterocycles. The van der Waals surface area contributed by atoms with Crippen LogP contribution in [0.5, 0.6) is 0 Å². The van der Waals surface area contributed by atoms with E-state index in [1.165, 1.54) is 32.7 Å². The van der Waals surface area contributed by atoms with Gasteiger partial charge in [0.2, 0.25) is 0 Å². The Balaban J connectivity index is 1.99. The first kappa shape index (κ1) is 8.48. The van der Waals surface area contributed by atoms with E-state index < -0.39 is 0 Å². The van der Waals surface area contributed by atoms with E-state index in [9.17, 15) is 0 Å². The number of nitrogens with zero attached hydrogens (tertiary/aromatic N) is 2. The molecule has 0 amide bonds. The molecule has 2 atom stereocenters. The fourth-order valence-corrected chi connectivity index (χ4v) is 2.34. The van der Waals surface area contributed by atoms with E-state index in [2.05, 4.69) is 16.7 Å². The fraction of sp³-hybridized carbons (Fsp3) is 1.00. The summed E-state index contributed by atoms with van der Waals surface area (Å²) in [6, 6.07) is 1.02. The lowest BCUT2D eigenvalue weighted by molar-refractivity contribution is 0.00206. The van der Waals surface area contributed by atoms with Crippen LogP contribution in [0.2, 0.25) is 0 Å². The molecule has 12 heavy (non-hydrogen) atoms. The van der Waals surface area contributed by atoms with Crippen LogP contribution < -0.4 is 5.73 Å². The normalized spacial score (nSPS) is 43.0. The van der Waals surface area contributed by atoms with Crippen molar-refractivity contribution in [3.8, 4) is 0 Å². The molecule has 3 rings (SSSR count). The minimum absolute atomic E-state index is 0.382. The predicted octanol–water partition coefficient (Wildman–Crippen LogP) is -0.276. The number of piperazine rings is 3. The van der Waals surface area contributed by atoms with Gasteiger partial charge in [0.1, 0.15) is 0 Å². The van der Waals surface area contributed by atoms with E-state index in [1.54, 1.807) is 0 Å². The molecule has 0 saturated carbocycles. The van der Waals surface area contributed by atoms with Crippen molar-refractivity contribution in [2.24, 2.45) is 5.73 Å².